The molecule has 6 heavy (non-hydrogen) atoms. The first kappa shape index (κ1) is 6.11. The van der Waals surface area contributed by atoms with Gasteiger partial charge in [0.25, 0.3) is 0 Å². The molecule has 0 saturated carbocycles. The predicted molar refractivity (Wildman–Crippen MR) is 25.9 cm³/mol. The van der Waals surface area contributed by atoms with Gasteiger partial charge in [-0.3, -0.25) is 4.11 Å². The molecule has 0 fully saturated rings. The van der Waals surface area contributed by atoms with Crippen molar-refractivity contribution in [2.45, 2.75) is 13.3 Å². The fourth-order valence-corrected chi connectivity index (χ4v) is 0.597. The second-order valence-corrected chi connectivity index (χ2v) is 1.64. The lowest BCUT2D eigenvalue weighted by Gasteiger charge is -1.88. The average Bonchev–Trinajstić information content (AvgIpc) is 1.61. The predicted octanol–water partition coefficient (Wildman–Crippen LogP) is 0.381. The van der Waals surface area contributed by atoms with Crippen molar-refractivity contribution in [1.29, 1.82) is 0 Å². The Kier molecular flexibility index (Phi) is 5.20. The van der Waals surface area contributed by atoms with Crippen LogP contribution in [0.3, 0.4) is 0 Å². The Hall–Kier alpha value is 0.107. The van der Waals surface area contributed by atoms with Crippen LogP contribution in [0, 0.1) is 0 Å². The van der Waals surface area contributed by atoms with Crippen molar-refractivity contribution in [2.24, 2.45) is 0 Å². The molecule has 1 nitrogen and oxygen atoms in total. The van der Waals surface area contributed by atoms with Crippen molar-refractivity contribution in [2.75, 3.05) is 6.61 Å². The molecule has 38 valence electrons. The Morgan fingerprint density at radius 3 is 2.67 bits per heavy atom. The van der Waals surface area contributed by atoms with Crippen LogP contribution in [0.15, 0.2) is 0 Å². The van der Waals surface area contributed by atoms with Gasteiger partial charge in [0.15, 0.2) is 0 Å². The van der Waals surface area contributed by atoms with E-state index >= 15 is 0 Å². The summed E-state index contributed by atoms with van der Waals surface area (Å²) in [6, 6.07) is 0. The molecule has 3 heteroatoms. The summed E-state index contributed by atoms with van der Waals surface area (Å²) >= 11 is 0. The summed E-state index contributed by atoms with van der Waals surface area (Å²) in [7, 11) is -1.60. The van der Waals surface area contributed by atoms with Crippen molar-refractivity contribution in [1.82, 2.24) is 0 Å². The van der Waals surface area contributed by atoms with Crippen LogP contribution in [-0.2, 0) is 4.43 Å². The van der Waals surface area contributed by atoms with Gasteiger partial charge in [-0.1, -0.05) is 6.92 Å². The van der Waals surface area contributed by atoms with Crippen LogP contribution in [0.4, 0.5) is 4.11 Å². The summed E-state index contributed by atoms with van der Waals surface area (Å²) in [5.74, 6) is 0. The molecule has 0 rings (SSSR count). The molecule has 0 aliphatic heterocycles. The summed E-state index contributed by atoms with van der Waals surface area (Å²) in [5.41, 5.74) is 0. The second-order valence-electron chi connectivity index (χ2n) is 1.02. The molecule has 0 N–H and O–H groups in total. The molecule has 0 amide bonds. The van der Waals surface area contributed by atoms with Gasteiger partial charge in [-0.15, -0.1) is 0 Å². The molecule has 0 aliphatic carbocycles. The van der Waals surface area contributed by atoms with Crippen LogP contribution in [-0.4, -0.2) is 16.7 Å². The number of rotatable bonds is 3. The first-order chi connectivity index (χ1) is 2.91. The fourth-order valence-electron chi connectivity index (χ4n) is 0.199. The summed E-state index contributed by atoms with van der Waals surface area (Å²) in [4.78, 5) is 0. The highest BCUT2D eigenvalue weighted by molar-refractivity contribution is 6.16. The molecular formula is C3H9FOSi. The van der Waals surface area contributed by atoms with Crippen molar-refractivity contribution in [3.05, 3.63) is 0 Å². The first-order valence-corrected chi connectivity index (χ1v) is 3.16. The summed E-state index contributed by atoms with van der Waals surface area (Å²) < 4.78 is 15.6. The SMILES string of the molecule is CCCO[SiH2]F. The Balaban J connectivity index is 2.34. The van der Waals surface area contributed by atoms with E-state index in [1.165, 1.54) is 0 Å². The zero-order valence-electron chi connectivity index (χ0n) is 3.91. The largest absolute Gasteiger partial charge is 0.396 e. The molecule has 0 atom stereocenters. The van der Waals surface area contributed by atoms with Crippen LogP contribution in [0.5, 0.6) is 0 Å². The van der Waals surface area contributed by atoms with Crippen molar-refractivity contribution < 1.29 is 8.53 Å². The standard InChI is InChI=1S/C3H9FOSi/c1-2-3-5-6-4/h2-3,6H2,1H3. The van der Waals surface area contributed by atoms with E-state index in [1.54, 1.807) is 0 Å². The van der Waals surface area contributed by atoms with Gasteiger partial charge in [0, 0.05) is 6.61 Å². The summed E-state index contributed by atoms with van der Waals surface area (Å²) in [5, 5.41) is 0. The highest BCUT2D eigenvalue weighted by Gasteiger charge is 1.77. The van der Waals surface area contributed by atoms with Crippen LogP contribution >= 0.6 is 0 Å². The van der Waals surface area contributed by atoms with Crippen molar-refractivity contribution in [3.63, 3.8) is 0 Å². The van der Waals surface area contributed by atoms with Crippen LogP contribution in [0.25, 0.3) is 0 Å². The number of hydrogen-bond donors (Lipinski definition) is 0. The van der Waals surface area contributed by atoms with Gasteiger partial charge in [-0.25, -0.2) is 0 Å². The molecule has 0 heterocycles. The first-order valence-electron chi connectivity index (χ1n) is 2.05. The van der Waals surface area contributed by atoms with E-state index in [1.807, 2.05) is 6.92 Å². The number of hydrogen-bond acceptors (Lipinski definition) is 1. The molecule has 0 aliphatic rings. The van der Waals surface area contributed by atoms with Crippen LogP contribution in [0.1, 0.15) is 13.3 Å². The topological polar surface area (TPSA) is 9.23 Å². The average molecular weight is 108 g/mol. The van der Waals surface area contributed by atoms with Crippen molar-refractivity contribution in [3.8, 4) is 0 Å². The Morgan fingerprint density at radius 1 is 1.83 bits per heavy atom. The van der Waals surface area contributed by atoms with Gasteiger partial charge < -0.3 is 4.43 Å². The Morgan fingerprint density at radius 2 is 2.50 bits per heavy atom. The fraction of sp³-hybridized carbons (Fsp3) is 1.00. The van der Waals surface area contributed by atoms with E-state index in [4.69, 9.17) is 0 Å². The van der Waals surface area contributed by atoms with Gasteiger partial charge >= 0.3 is 10.1 Å². The maximum atomic E-state index is 11.1. The lowest BCUT2D eigenvalue weighted by Crippen LogP contribution is -1.91. The highest BCUT2D eigenvalue weighted by Crippen LogP contribution is 1.75. The quantitative estimate of drug-likeness (QED) is 0.288. The Bertz CT molecular complexity index is 22.8. The van der Waals surface area contributed by atoms with E-state index in [2.05, 4.69) is 4.43 Å². The van der Waals surface area contributed by atoms with E-state index in [0.717, 1.165) is 6.42 Å². The van der Waals surface area contributed by atoms with Crippen molar-refractivity contribution >= 4 is 10.1 Å². The molecular weight excluding hydrogens is 99.1 g/mol. The molecule has 0 radical (unpaired) electrons. The van der Waals surface area contributed by atoms with Gasteiger partial charge in [-0.2, -0.15) is 0 Å². The zero-order chi connectivity index (χ0) is 4.83. The monoisotopic (exact) mass is 108 g/mol. The van der Waals surface area contributed by atoms with Gasteiger partial charge in [-0.05, 0) is 6.42 Å². The number of halogens is 1. The maximum absolute atomic E-state index is 11.1. The lowest BCUT2D eigenvalue weighted by atomic mass is 10.5. The molecule has 0 spiro atoms. The smallest absolute Gasteiger partial charge is 0.353 e. The van der Waals surface area contributed by atoms with Gasteiger partial charge in [0.1, 0.15) is 0 Å². The van der Waals surface area contributed by atoms with E-state index in [0.29, 0.717) is 6.61 Å². The third-order valence-electron chi connectivity index (χ3n) is 0.426. The maximum Gasteiger partial charge on any atom is 0.353 e. The Labute approximate surface area is 39.6 Å². The van der Waals surface area contributed by atoms with E-state index in [-0.39, 0.29) is 0 Å². The zero-order valence-corrected chi connectivity index (χ0v) is 5.32. The molecule has 0 aromatic heterocycles. The minimum atomic E-state index is -1.60. The molecule has 0 unspecified atom stereocenters. The van der Waals surface area contributed by atoms with Gasteiger partial charge in [0.2, 0.25) is 0 Å². The molecule has 0 aromatic carbocycles. The summed E-state index contributed by atoms with van der Waals surface area (Å²) in [6.07, 6.45) is 0.928. The van der Waals surface area contributed by atoms with E-state index in [9.17, 15) is 4.11 Å². The third-order valence-corrected chi connectivity index (χ3v) is 0.869. The normalized spacial score (nSPS) is 11.0. The second kappa shape index (κ2) is 5.11. The molecule has 0 aromatic rings. The van der Waals surface area contributed by atoms with Gasteiger partial charge in [0.05, 0.1) is 0 Å². The third kappa shape index (κ3) is 4.11. The molecule has 0 bridgehead atoms. The minimum Gasteiger partial charge on any atom is -0.396 e. The van der Waals surface area contributed by atoms with Crippen LogP contribution < -0.4 is 0 Å². The minimum absolute atomic E-state index is 0.600. The van der Waals surface area contributed by atoms with Crippen LogP contribution in [0.2, 0.25) is 0 Å². The lowest BCUT2D eigenvalue weighted by molar-refractivity contribution is 0.311. The highest BCUT2D eigenvalue weighted by atomic mass is 28.3. The van der Waals surface area contributed by atoms with E-state index < -0.39 is 10.1 Å². The molecule has 0 saturated heterocycles. The summed E-state index contributed by atoms with van der Waals surface area (Å²) in [6.45, 7) is 2.56.